The Labute approximate surface area is 99.5 Å². The monoisotopic (exact) mass is 235 g/mol. The van der Waals surface area contributed by atoms with Gasteiger partial charge >= 0.3 is 0 Å². The van der Waals surface area contributed by atoms with Crippen LogP contribution in [-0.2, 0) is 4.79 Å². The van der Waals surface area contributed by atoms with Crippen molar-refractivity contribution >= 4 is 11.7 Å². The third-order valence-electron chi connectivity index (χ3n) is 2.37. The number of carbonyl (C=O) groups excluding carboxylic acids is 2. The highest BCUT2D eigenvalue weighted by atomic mass is 19.1. The van der Waals surface area contributed by atoms with Crippen LogP contribution < -0.4 is 0 Å². The number of amides is 1. The number of benzene rings is 1. The highest BCUT2D eigenvalue weighted by Gasteiger charge is 2.08. The Bertz CT molecular complexity index is 454. The van der Waals surface area contributed by atoms with E-state index in [0.29, 0.717) is 6.54 Å². The summed E-state index contributed by atoms with van der Waals surface area (Å²) in [5.41, 5.74) is -0.0318. The smallest absolute Gasteiger partial charge is 0.246 e. The maximum absolute atomic E-state index is 13.2. The Balaban J connectivity index is 2.77. The number of ketones is 1. The van der Waals surface area contributed by atoms with Crippen LogP contribution >= 0.6 is 0 Å². The van der Waals surface area contributed by atoms with Crippen molar-refractivity contribution in [3.05, 3.63) is 47.8 Å². The summed E-state index contributed by atoms with van der Waals surface area (Å²) in [5, 5.41) is 0. The predicted molar refractivity (Wildman–Crippen MR) is 63.2 cm³/mol. The van der Waals surface area contributed by atoms with Crippen molar-refractivity contribution < 1.29 is 14.0 Å². The van der Waals surface area contributed by atoms with Gasteiger partial charge in [0.2, 0.25) is 5.91 Å². The van der Waals surface area contributed by atoms with E-state index in [1.165, 1.54) is 23.1 Å². The van der Waals surface area contributed by atoms with E-state index in [1.807, 2.05) is 6.92 Å². The summed E-state index contributed by atoms with van der Waals surface area (Å²) in [4.78, 5) is 24.4. The van der Waals surface area contributed by atoms with Crippen molar-refractivity contribution in [1.29, 1.82) is 0 Å². The minimum absolute atomic E-state index is 0.0318. The molecule has 0 radical (unpaired) electrons. The Hall–Kier alpha value is -1.97. The van der Waals surface area contributed by atoms with Crippen LogP contribution in [0.2, 0.25) is 0 Å². The average molecular weight is 235 g/mol. The fraction of sp³-hybridized carbons (Fsp3) is 0.231. The van der Waals surface area contributed by atoms with Gasteiger partial charge in [-0.2, -0.15) is 0 Å². The van der Waals surface area contributed by atoms with Crippen molar-refractivity contribution in [2.45, 2.75) is 6.92 Å². The summed E-state index contributed by atoms with van der Waals surface area (Å²) in [6.07, 6.45) is 2.24. The van der Waals surface area contributed by atoms with E-state index in [1.54, 1.807) is 13.1 Å². The molecular weight excluding hydrogens is 221 g/mol. The van der Waals surface area contributed by atoms with Crippen LogP contribution in [-0.4, -0.2) is 30.2 Å². The lowest BCUT2D eigenvalue weighted by atomic mass is 10.1. The van der Waals surface area contributed by atoms with Crippen molar-refractivity contribution in [1.82, 2.24) is 4.90 Å². The summed E-state index contributed by atoms with van der Waals surface area (Å²) < 4.78 is 13.2. The average Bonchev–Trinajstić information content (AvgIpc) is 2.35. The molecule has 0 spiro atoms. The van der Waals surface area contributed by atoms with Gasteiger partial charge in [-0.05, 0) is 25.1 Å². The van der Waals surface area contributed by atoms with E-state index in [2.05, 4.69) is 0 Å². The molecule has 1 rings (SSSR count). The standard InChI is InChI=1S/C13H14FNO2/c1-3-15(2)13(17)9-8-12(16)10-6-4-5-7-11(10)14/h4-9H,3H2,1-2H3/b9-8+. The molecule has 1 aromatic carbocycles. The fourth-order valence-corrected chi connectivity index (χ4v) is 1.18. The lowest BCUT2D eigenvalue weighted by molar-refractivity contribution is -0.124. The van der Waals surface area contributed by atoms with E-state index in [-0.39, 0.29) is 11.5 Å². The zero-order valence-electron chi connectivity index (χ0n) is 9.81. The fourth-order valence-electron chi connectivity index (χ4n) is 1.18. The molecule has 1 amide bonds. The van der Waals surface area contributed by atoms with Crippen LogP contribution in [0.25, 0.3) is 0 Å². The molecule has 90 valence electrons. The molecule has 0 saturated carbocycles. The molecule has 0 bridgehead atoms. The third kappa shape index (κ3) is 3.52. The van der Waals surface area contributed by atoms with E-state index in [9.17, 15) is 14.0 Å². The second-order valence-corrected chi connectivity index (χ2v) is 3.53. The molecule has 0 heterocycles. The second-order valence-electron chi connectivity index (χ2n) is 3.53. The molecule has 0 aromatic heterocycles. The zero-order valence-corrected chi connectivity index (χ0v) is 9.81. The van der Waals surface area contributed by atoms with Gasteiger partial charge in [-0.1, -0.05) is 12.1 Å². The number of rotatable bonds is 4. The van der Waals surface area contributed by atoms with E-state index < -0.39 is 11.6 Å². The number of halogens is 1. The highest BCUT2D eigenvalue weighted by molar-refractivity contribution is 6.07. The first kappa shape index (κ1) is 13.1. The van der Waals surface area contributed by atoms with E-state index >= 15 is 0 Å². The highest BCUT2D eigenvalue weighted by Crippen LogP contribution is 2.07. The Morgan fingerprint density at radius 3 is 2.53 bits per heavy atom. The molecule has 0 aliphatic carbocycles. The summed E-state index contributed by atoms with van der Waals surface area (Å²) in [7, 11) is 1.63. The number of carbonyl (C=O) groups is 2. The first-order chi connectivity index (χ1) is 8.06. The first-order valence-electron chi connectivity index (χ1n) is 5.28. The van der Waals surface area contributed by atoms with Gasteiger partial charge in [0.25, 0.3) is 0 Å². The Morgan fingerprint density at radius 2 is 1.94 bits per heavy atom. The van der Waals surface area contributed by atoms with E-state index in [4.69, 9.17) is 0 Å². The first-order valence-corrected chi connectivity index (χ1v) is 5.28. The molecule has 0 unspecified atom stereocenters. The molecule has 0 fully saturated rings. The van der Waals surface area contributed by atoms with Gasteiger partial charge in [0, 0.05) is 19.7 Å². The van der Waals surface area contributed by atoms with Gasteiger partial charge in [0.1, 0.15) is 5.82 Å². The van der Waals surface area contributed by atoms with Crippen LogP contribution in [0, 0.1) is 5.82 Å². The molecular formula is C13H14FNO2. The minimum Gasteiger partial charge on any atom is -0.343 e. The van der Waals surface area contributed by atoms with Crippen LogP contribution in [0.5, 0.6) is 0 Å². The normalized spacial score (nSPS) is 10.5. The maximum atomic E-state index is 13.2. The number of likely N-dealkylation sites (N-methyl/N-ethyl adjacent to an activating group) is 1. The summed E-state index contributed by atoms with van der Waals surface area (Å²) >= 11 is 0. The molecule has 0 N–H and O–H groups in total. The number of allylic oxidation sites excluding steroid dienone is 1. The van der Waals surface area contributed by atoms with Gasteiger partial charge in [-0.15, -0.1) is 0 Å². The quantitative estimate of drug-likeness (QED) is 0.591. The Kier molecular flexibility index (Phi) is 4.57. The molecule has 17 heavy (non-hydrogen) atoms. The SMILES string of the molecule is CCN(C)C(=O)/C=C/C(=O)c1ccccc1F. The molecule has 0 aliphatic heterocycles. The van der Waals surface area contributed by atoms with Crippen molar-refractivity contribution in [2.24, 2.45) is 0 Å². The van der Waals surface area contributed by atoms with Crippen molar-refractivity contribution in [3.63, 3.8) is 0 Å². The van der Waals surface area contributed by atoms with Crippen LogP contribution in [0.4, 0.5) is 4.39 Å². The topological polar surface area (TPSA) is 37.4 Å². The van der Waals surface area contributed by atoms with Gasteiger partial charge < -0.3 is 4.90 Å². The predicted octanol–water partition coefficient (Wildman–Crippen LogP) is 2.04. The molecule has 0 saturated heterocycles. The van der Waals surface area contributed by atoms with Gasteiger partial charge in [0.15, 0.2) is 5.78 Å². The Morgan fingerprint density at radius 1 is 1.29 bits per heavy atom. The number of hydrogen-bond donors (Lipinski definition) is 0. The second kappa shape index (κ2) is 5.94. The van der Waals surface area contributed by atoms with E-state index in [0.717, 1.165) is 12.2 Å². The van der Waals surface area contributed by atoms with Crippen molar-refractivity contribution in [2.75, 3.05) is 13.6 Å². The third-order valence-corrected chi connectivity index (χ3v) is 2.37. The summed E-state index contributed by atoms with van der Waals surface area (Å²) in [6, 6.07) is 5.67. The van der Waals surface area contributed by atoms with Crippen molar-refractivity contribution in [3.8, 4) is 0 Å². The lowest BCUT2D eigenvalue weighted by Gasteiger charge is -2.10. The lowest BCUT2D eigenvalue weighted by Crippen LogP contribution is -2.24. The molecule has 4 heteroatoms. The molecule has 1 aromatic rings. The van der Waals surface area contributed by atoms with Gasteiger partial charge in [-0.3, -0.25) is 9.59 Å². The molecule has 0 atom stereocenters. The largest absolute Gasteiger partial charge is 0.343 e. The van der Waals surface area contributed by atoms with Crippen LogP contribution in [0.1, 0.15) is 17.3 Å². The van der Waals surface area contributed by atoms with Crippen LogP contribution in [0.3, 0.4) is 0 Å². The summed E-state index contributed by atoms with van der Waals surface area (Å²) in [6.45, 7) is 2.38. The van der Waals surface area contributed by atoms with Gasteiger partial charge in [0.05, 0.1) is 5.56 Å². The number of hydrogen-bond acceptors (Lipinski definition) is 2. The summed E-state index contributed by atoms with van der Waals surface area (Å²) in [5.74, 6) is -1.38. The maximum Gasteiger partial charge on any atom is 0.246 e. The zero-order chi connectivity index (χ0) is 12.8. The number of nitrogens with zero attached hydrogens (tertiary/aromatic N) is 1. The molecule has 3 nitrogen and oxygen atoms in total. The van der Waals surface area contributed by atoms with Gasteiger partial charge in [-0.25, -0.2) is 4.39 Å². The van der Waals surface area contributed by atoms with Crippen LogP contribution in [0.15, 0.2) is 36.4 Å². The molecule has 0 aliphatic rings. The minimum atomic E-state index is -0.585.